The first kappa shape index (κ1) is 19.3. The fourth-order valence-corrected chi connectivity index (χ4v) is 2.70. The highest BCUT2D eigenvalue weighted by Crippen LogP contribution is 2.25. The summed E-state index contributed by atoms with van der Waals surface area (Å²) in [6.07, 6.45) is 0. The Labute approximate surface area is 155 Å². The Morgan fingerprint density at radius 3 is 2.52 bits per heavy atom. The van der Waals surface area contributed by atoms with Gasteiger partial charge in [-0.05, 0) is 44.1 Å². The normalized spacial score (nSPS) is 14.8. The number of para-hydroxylation sites is 1. The van der Waals surface area contributed by atoms with E-state index in [9.17, 15) is 4.79 Å². The molecule has 1 aliphatic heterocycles. The molecule has 1 amide bonds. The quantitative estimate of drug-likeness (QED) is 0.826. The number of carbonyl (C=O) groups is 1. The lowest BCUT2D eigenvalue weighted by molar-refractivity contribution is -0.126. The number of ether oxygens (including phenoxy) is 1. The average Bonchev–Trinajstić information content (AvgIpc) is 2.54. The standard InChI is InChI=1S/C20H24N2O2.ClH/c1-14-7-9-18(10-8-14)24-19-6-4-3-5-16(19)13-22-20(23)15(2)17-11-21-12-17;/h3-10,15,17,21H,11-13H2,1-2H3,(H,22,23);1H. The van der Waals surface area contributed by atoms with Gasteiger partial charge in [0.15, 0.2) is 0 Å². The monoisotopic (exact) mass is 360 g/mol. The topological polar surface area (TPSA) is 50.4 Å². The second kappa shape index (κ2) is 8.88. The van der Waals surface area contributed by atoms with Crippen LogP contribution in [-0.4, -0.2) is 19.0 Å². The molecule has 1 saturated heterocycles. The number of hydrogen-bond donors (Lipinski definition) is 2. The molecule has 1 unspecified atom stereocenters. The molecule has 1 fully saturated rings. The summed E-state index contributed by atoms with van der Waals surface area (Å²) in [5, 5.41) is 6.25. The smallest absolute Gasteiger partial charge is 0.223 e. The number of halogens is 1. The van der Waals surface area contributed by atoms with Gasteiger partial charge in [-0.15, -0.1) is 12.4 Å². The third kappa shape index (κ3) is 4.97. The minimum atomic E-state index is 0. The molecule has 0 aliphatic carbocycles. The van der Waals surface area contributed by atoms with Gasteiger partial charge in [-0.3, -0.25) is 4.79 Å². The van der Waals surface area contributed by atoms with Gasteiger partial charge in [0.2, 0.25) is 5.91 Å². The van der Waals surface area contributed by atoms with Crippen LogP contribution in [0.15, 0.2) is 48.5 Å². The van der Waals surface area contributed by atoms with Crippen molar-refractivity contribution in [3.05, 3.63) is 59.7 Å². The summed E-state index contributed by atoms with van der Waals surface area (Å²) in [6, 6.07) is 15.8. The van der Waals surface area contributed by atoms with Crippen molar-refractivity contribution in [2.75, 3.05) is 13.1 Å². The van der Waals surface area contributed by atoms with E-state index in [4.69, 9.17) is 4.74 Å². The van der Waals surface area contributed by atoms with Crippen molar-refractivity contribution in [3.8, 4) is 11.5 Å². The molecule has 2 N–H and O–H groups in total. The van der Waals surface area contributed by atoms with Crippen molar-refractivity contribution in [1.29, 1.82) is 0 Å². The van der Waals surface area contributed by atoms with Crippen LogP contribution in [0.3, 0.4) is 0 Å². The molecule has 5 heteroatoms. The van der Waals surface area contributed by atoms with E-state index in [-0.39, 0.29) is 24.2 Å². The van der Waals surface area contributed by atoms with E-state index in [2.05, 4.69) is 10.6 Å². The van der Waals surface area contributed by atoms with Gasteiger partial charge in [-0.2, -0.15) is 0 Å². The van der Waals surface area contributed by atoms with Gasteiger partial charge in [0.25, 0.3) is 0 Å². The van der Waals surface area contributed by atoms with E-state index in [0.717, 1.165) is 30.2 Å². The number of carbonyl (C=O) groups excluding carboxylic acids is 1. The van der Waals surface area contributed by atoms with Crippen LogP contribution >= 0.6 is 12.4 Å². The van der Waals surface area contributed by atoms with Crippen LogP contribution in [0.5, 0.6) is 11.5 Å². The SMILES string of the molecule is Cc1ccc(Oc2ccccc2CNC(=O)C(C)C2CNC2)cc1.Cl. The van der Waals surface area contributed by atoms with Gasteiger partial charge in [-0.1, -0.05) is 42.8 Å². The first-order valence-electron chi connectivity index (χ1n) is 8.44. The largest absolute Gasteiger partial charge is 0.457 e. The molecule has 4 nitrogen and oxygen atoms in total. The maximum atomic E-state index is 12.3. The van der Waals surface area contributed by atoms with Gasteiger partial charge in [-0.25, -0.2) is 0 Å². The van der Waals surface area contributed by atoms with Crippen LogP contribution in [-0.2, 0) is 11.3 Å². The van der Waals surface area contributed by atoms with E-state index in [1.807, 2.05) is 62.4 Å². The summed E-state index contributed by atoms with van der Waals surface area (Å²) >= 11 is 0. The van der Waals surface area contributed by atoms with E-state index in [1.54, 1.807) is 0 Å². The van der Waals surface area contributed by atoms with E-state index < -0.39 is 0 Å². The second-order valence-corrected chi connectivity index (χ2v) is 6.45. The Morgan fingerprint density at radius 1 is 1.20 bits per heavy atom. The minimum Gasteiger partial charge on any atom is -0.457 e. The van der Waals surface area contributed by atoms with Gasteiger partial charge >= 0.3 is 0 Å². The Hall–Kier alpha value is -2.04. The zero-order valence-corrected chi connectivity index (χ0v) is 15.4. The van der Waals surface area contributed by atoms with E-state index >= 15 is 0 Å². The Balaban J connectivity index is 0.00000225. The number of benzene rings is 2. The Kier molecular flexibility index (Phi) is 6.85. The zero-order chi connectivity index (χ0) is 16.9. The number of hydrogen-bond acceptors (Lipinski definition) is 3. The lowest BCUT2D eigenvalue weighted by Gasteiger charge is -2.31. The maximum absolute atomic E-state index is 12.3. The van der Waals surface area contributed by atoms with Crippen LogP contribution in [0.1, 0.15) is 18.1 Å². The van der Waals surface area contributed by atoms with Crippen molar-refractivity contribution in [1.82, 2.24) is 10.6 Å². The molecule has 134 valence electrons. The fraction of sp³-hybridized carbons (Fsp3) is 0.350. The zero-order valence-electron chi connectivity index (χ0n) is 14.6. The predicted molar refractivity (Wildman–Crippen MR) is 102 cm³/mol. The molecule has 0 radical (unpaired) electrons. The van der Waals surface area contributed by atoms with Crippen LogP contribution in [0.4, 0.5) is 0 Å². The van der Waals surface area contributed by atoms with E-state index in [0.29, 0.717) is 12.5 Å². The molecule has 1 atom stereocenters. The summed E-state index contributed by atoms with van der Waals surface area (Å²) < 4.78 is 5.98. The predicted octanol–water partition coefficient (Wildman–Crippen LogP) is 3.68. The molecule has 1 heterocycles. The molecule has 0 aromatic heterocycles. The van der Waals surface area contributed by atoms with Gasteiger partial charge < -0.3 is 15.4 Å². The van der Waals surface area contributed by atoms with Crippen molar-refractivity contribution in [2.45, 2.75) is 20.4 Å². The molecule has 0 bridgehead atoms. The molecule has 2 aromatic rings. The molecule has 0 spiro atoms. The van der Waals surface area contributed by atoms with Gasteiger partial charge in [0.05, 0.1) is 0 Å². The fourth-order valence-electron chi connectivity index (χ4n) is 2.70. The molecule has 2 aromatic carbocycles. The van der Waals surface area contributed by atoms with Crippen LogP contribution in [0, 0.1) is 18.8 Å². The van der Waals surface area contributed by atoms with Crippen LogP contribution < -0.4 is 15.4 Å². The van der Waals surface area contributed by atoms with E-state index in [1.165, 1.54) is 5.56 Å². The van der Waals surface area contributed by atoms with Crippen molar-refractivity contribution < 1.29 is 9.53 Å². The van der Waals surface area contributed by atoms with Crippen LogP contribution in [0.2, 0.25) is 0 Å². The van der Waals surface area contributed by atoms with Crippen LogP contribution in [0.25, 0.3) is 0 Å². The summed E-state index contributed by atoms with van der Waals surface area (Å²) in [5.74, 6) is 2.17. The molecular formula is C20H25ClN2O2. The molecular weight excluding hydrogens is 336 g/mol. The molecule has 1 aliphatic rings. The first-order chi connectivity index (χ1) is 11.6. The summed E-state index contributed by atoms with van der Waals surface area (Å²) in [5.41, 5.74) is 2.17. The number of amides is 1. The Bertz CT molecular complexity index is 699. The second-order valence-electron chi connectivity index (χ2n) is 6.45. The highest BCUT2D eigenvalue weighted by Gasteiger charge is 2.28. The molecule has 3 rings (SSSR count). The van der Waals surface area contributed by atoms with Crippen molar-refractivity contribution in [2.24, 2.45) is 11.8 Å². The first-order valence-corrected chi connectivity index (χ1v) is 8.44. The lowest BCUT2D eigenvalue weighted by atomic mass is 9.88. The third-order valence-corrected chi connectivity index (χ3v) is 4.61. The summed E-state index contributed by atoms with van der Waals surface area (Å²) in [7, 11) is 0. The number of nitrogens with one attached hydrogen (secondary N) is 2. The number of rotatable bonds is 6. The lowest BCUT2D eigenvalue weighted by Crippen LogP contribution is -2.49. The minimum absolute atomic E-state index is 0. The summed E-state index contributed by atoms with van der Waals surface area (Å²) in [6.45, 7) is 6.39. The van der Waals surface area contributed by atoms with Gasteiger partial charge in [0, 0.05) is 18.0 Å². The average molecular weight is 361 g/mol. The number of aryl methyl sites for hydroxylation is 1. The van der Waals surface area contributed by atoms with Gasteiger partial charge in [0.1, 0.15) is 11.5 Å². The molecule has 25 heavy (non-hydrogen) atoms. The maximum Gasteiger partial charge on any atom is 0.223 e. The van der Waals surface area contributed by atoms with Crippen molar-refractivity contribution in [3.63, 3.8) is 0 Å². The third-order valence-electron chi connectivity index (χ3n) is 4.61. The van der Waals surface area contributed by atoms with Crippen molar-refractivity contribution >= 4 is 18.3 Å². The highest BCUT2D eigenvalue weighted by atomic mass is 35.5. The highest BCUT2D eigenvalue weighted by molar-refractivity contribution is 5.85. The molecule has 0 saturated carbocycles. The Morgan fingerprint density at radius 2 is 1.88 bits per heavy atom. The summed E-state index contributed by atoms with van der Waals surface area (Å²) in [4.78, 5) is 12.3.